The maximum absolute atomic E-state index is 12.9. The topological polar surface area (TPSA) is 228 Å². The van der Waals surface area contributed by atoms with E-state index in [1.54, 1.807) is 0 Å². The van der Waals surface area contributed by atoms with E-state index in [0.717, 1.165) is 0 Å². The molecule has 13 nitrogen and oxygen atoms in total. The SMILES string of the molecule is CC(O)C(N)C(=O)NC(Cc1ccc(O)cc1)C(=O)NC(CC(=O)O)C(=O)NC(CS)C(=O)O. The number of carboxylic acids is 2. The van der Waals surface area contributed by atoms with Gasteiger partial charge in [0.25, 0.3) is 0 Å². The Hall–Kier alpha value is -3.36. The predicted molar refractivity (Wildman–Crippen MR) is 121 cm³/mol. The van der Waals surface area contributed by atoms with E-state index in [0.29, 0.717) is 5.56 Å². The highest BCUT2D eigenvalue weighted by atomic mass is 32.1. The zero-order valence-corrected chi connectivity index (χ0v) is 19.1. The maximum Gasteiger partial charge on any atom is 0.327 e. The van der Waals surface area contributed by atoms with Gasteiger partial charge in [0, 0.05) is 12.2 Å². The average Bonchev–Trinajstić information content (AvgIpc) is 2.76. The van der Waals surface area contributed by atoms with Gasteiger partial charge in [0.1, 0.15) is 29.9 Å². The van der Waals surface area contributed by atoms with Gasteiger partial charge < -0.3 is 42.1 Å². The Balaban J connectivity index is 3.13. The summed E-state index contributed by atoms with van der Waals surface area (Å²) in [6.07, 6.45) is -2.25. The summed E-state index contributed by atoms with van der Waals surface area (Å²) in [5, 5.41) is 43.8. The highest BCUT2D eigenvalue weighted by Crippen LogP contribution is 2.12. The number of hydrogen-bond donors (Lipinski definition) is 9. The molecule has 1 aromatic rings. The molecule has 0 heterocycles. The van der Waals surface area contributed by atoms with E-state index < -0.39 is 66.4 Å². The van der Waals surface area contributed by atoms with E-state index in [2.05, 4.69) is 28.6 Å². The van der Waals surface area contributed by atoms with E-state index in [4.69, 9.17) is 15.9 Å². The van der Waals surface area contributed by atoms with Crippen LogP contribution in [0.5, 0.6) is 5.75 Å². The zero-order valence-electron chi connectivity index (χ0n) is 18.2. The Kier molecular flexibility index (Phi) is 11.3. The molecule has 0 fully saturated rings. The van der Waals surface area contributed by atoms with Gasteiger partial charge in [-0.15, -0.1) is 0 Å². The lowest BCUT2D eigenvalue weighted by Crippen LogP contribution is -2.59. The van der Waals surface area contributed by atoms with Crippen molar-refractivity contribution in [2.75, 3.05) is 5.75 Å². The third kappa shape index (κ3) is 9.25. The van der Waals surface area contributed by atoms with Crippen molar-refractivity contribution < 1.29 is 44.4 Å². The average molecular weight is 501 g/mol. The second-order valence-corrected chi connectivity index (χ2v) is 7.80. The van der Waals surface area contributed by atoms with Gasteiger partial charge in [-0.1, -0.05) is 12.1 Å². The first-order chi connectivity index (χ1) is 15.8. The Labute approximate surface area is 200 Å². The fourth-order valence-corrected chi connectivity index (χ4v) is 2.93. The Bertz CT molecular complexity index is 895. The van der Waals surface area contributed by atoms with Crippen molar-refractivity contribution in [3.63, 3.8) is 0 Å². The predicted octanol–water partition coefficient (Wildman–Crippen LogP) is -2.41. The molecule has 0 saturated carbocycles. The molecule has 0 radical (unpaired) electrons. The van der Waals surface area contributed by atoms with Crippen LogP contribution in [0, 0.1) is 0 Å². The molecular formula is C20H28N4O9S. The van der Waals surface area contributed by atoms with Crippen LogP contribution in [0.3, 0.4) is 0 Å². The van der Waals surface area contributed by atoms with E-state index >= 15 is 0 Å². The largest absolute Gasteiger partial charge is 0.508 e. The zero-order chi connectivity index (χ0) is 26.0. The number of aromatic hydroxyl groups is 1. The van der Waals surface area contributed by atoms with Crippen LogP contribution in [0.25, 0.3) is 0 Å². The van der Waals surface area contributed by atoms with Gasteiger partial charge in [-0.2, -0.15) is 12.6 Å². The molecule has 14 heteroatoms. The number of phenolic OH excluding ortho intramolecular Hbond substituents is 1. The van der Waals surface area contributed by atoms with Gasteiger partial charge >= 0.3 is 11.9 Å². The van der Waals surface area contributed by atoms with Crippen LogP contribution >= 0.6 is 12.6 Å². The van der Waals surface area contributed by atoms with Crippen LogP contribution in [0.15, 0.2) is 24.3 Å². The monoisotopic (exact) mass is 500 g/mol. The standard InChI is InChI=1S/C20H28N4O9S/c1-9(25)16(21)19(31)23-12(6-10-2-4-11(26)5-3-10)17(29)22-13(7-15(27)28)18(30)24-14(8-34)20(32)33/h2-5,9,12-14,16,25-26,34H,6-8,21H2,1H3,(H,22,29)(H,23,31)(H,24,30)(H,27,28)(H,32,33). The number of benzene rings is 1. The summed E-state index contributed by atoms with van der Waals surface area (Å²) in [5.41, 5.74) is 6.09. The molecule has 0 aliphatic heterocycles. The third-order valence-corrected chi connectivity index (χ3v) is 5.01. The molecule has 188 valence electrons. The van der Waals surface area contributed by atoms with E-state index in [1.807, 2.05) is 0 Å². The number of amides is 3. The minimum Gasteiger partial charge on any atom is -0.508 e. The molecule has 0 saturated heterocycles. The summed E-state index contributed by atoms with van der Waals surface area (Å²) < 4.78 is 0. The van der Waals surface area contributed by atoms with E-state index in [-0.39, 0.29) is 17.9 Å². The molecule has 1 aromatic carbocycles. The lowest BCUT2D eigenvalue weighted by molar-refractivity contribution is -0.143. The number of phenols is 1. The summed E-state index contributed by atoms with van der Waals surface area (Å²) in [7, 11) is 0. The molecule has 5 unspecified atom stereocenters. The second-order valence-electron chi connectivity index (χ2n) is 7.44. The first-order valence-electron chi connectivity index (χ1n) is 10.0. The van der Waals surface area contributed by atoms with Crippen LogP contribution < -0.4 is 21.7 Å². The minimum absolute atomic E-state index is 0.0414. The van der Waals surface area contributed by atoms with E-state index in [1.165, 1.54) is 31.2 Å². The number of aliphatic carboxylic acids is 2. The van der Waals surface area contributed by atoms with Gasteiger partial charge in [-0.05, 0) is 24.6 Å². The fraction of sp³-hybridized carbons (Fsp3) is 0.450. The number of carboxylic acid groups (broad SMARTS) is 2. The number of hydrogen-bond acceptors (Lipinski definition) is 9. The van der Waals surface area contributed by atoms with Crippen molar-refractivity contribution in [1.82, 2.24) is 16.0 Å². The highest BCUT2D eigenvalue weighted by molar-refractivity contribution is 7.80. The number of carbonyl (C=O) groups excluding carboxylic acids is 3. The van der Waals surface area contributed by atoms with Crippen molar-refractivity contribution >= 4 is 42.3 Å². The van der Waals surface area contributed by atoms with Crippen molar-refractivity contribution in [2.24, 2.45) is 5.73 Å². The molecular weight excluding hydrogens is 472 g/mol. The fourth-order valence-electron chi connectivity index (χ4n) is 2.68. The summed E-state index contributed by atoms with van der Waals surface area (Å²) in [5.74, 6) is -6.10. The van der Waals surface area contributed by atoms with Gasteiger partial charge in [-0.3, -0.25) is 19.2 Å². The molecule has 0 aliphatic carbocycles. The number of nitrogens with one attached hydrogen (secondary N) is 3. The van der Waals surface area contributed by atoms with E-state index in [9.17, 15) is 34.2 Å². The smallest absolute Gasteiger partial charge is 0.327 e. The molecule has 34 heavy (non-hydrogen) atoms. The van der Waals surface area contributed by atoms with Gasteiger partial charge in [0.15, 0.2) is 0 Å². The number of aliphatic hydroxyl groups is 1. The summed E-state index contributed by atoms with van der Waals surface area (Å²) >= 11 is 3.81. The van der Waals surface area contributed by atoms with Crippen LogP contribution in [0.4, 0.5) is 0 Å². The minimum atomic E-state index is -1.67. The van der Waals surface area contributed by atoms with Crippen LogP contribution in [-0.2, 0) is 30.4 Å². The van der Waals surface area contributed by atoms with Gasteiger partial charge in [-0.25, -0.2) is 4.79 Å². The molecule has 0 aromatic heterocycles. The molecule has 3 amide bonds. The number of rotatable bonds is 13. The second kappa shape index (κ2) is 13.4. The van der Waals surface area contributed by atoms with Crippen LogP contribution in [-0.4, -0.2) is 86.1 Å². The molecule has 0 spiro atoms. The summed E-state index contributed by atoms with van der Waals surface area (Å²) in [4.78, 5) is 60.1. The lowest BCUT2D eigenvalue weighted by Gasteiger charge is -2.25. The maximum atomic E-state index is 12.9. The van der Waals surface area contributed by atoms with Crippen molar-refractivity contribution in [3.05, 3.63) is 29.8 Å². The Morgan fingerprint density at radius 2 is 1.41 bits per heavy atom. The van der Waals surface area contributed by atoms with Crippen molar-refractivity contribution in [1.29, 1.82) is 0 Å². The first kappa shape index (κ1) is 28.7. The molecule has 0 aliphatic rings. The number of thiol groups is 1. The first-order valence-corrected chi connectivity index (χ1v) is 10.7. The molecule has 9 N–H and O–H groups in total. The quantitative estimate of drug-likeness (QED) is 0.130. The third-order valence-electron chi connectivity index (χ3n) is 4.64. The Morgan fingerprint density at radius 3 is 1.88 bits per heavy atom. The van der Waals surface area contributed by atoms with Crippen molar-refractivity contribution in [2.45, 2.75) is 50.0 Å². The van der Waals surface area contributed by atoms with Crippen molar-refractivity contribution in [3.8, 4) is 5.75 Å². The number of nitrogens with two attached hydrogens (primary N) is 1. The lowest BCUT2D eigenvalue weighted by atomic mass is 10.0. The Morgan fingerprint density at radius 1 is 0.912 bits per heavy atom. The van der Waals surface area contributed by atoms with Crippen LogP contribution in [0.2, 0.25) is 0 Å². The molecule has 1 rings (SSSR count). The molecule has 5 atom stereocenters. The van der Waals surface area contributed by atoms with Gasteiger partial charge in [0.2, 0.25) is 17.7 Å². The van der Waals surface area contributed by atoms with Gasteiger partial charge in [0.05, 0.1) is 12.5 Å². The summed E-state index contributed by atoms with van der Waals surface area (Å²) in [6, 6.07) is -0.192. The van der Waals surface area contributed by atoms with Crippen LogP contribution in [0.1, 0.15) is 18.9 Å². The molecule has 0 bridgehead atoms. The number of aliphatic hydroxyl groups excluding tert-OH is 1. The normalized spacial score (nSPS) is 15.2. The summed E-state index contributed by atoms with van der Waals surface area (Å²) in [6.45, 7) is 1.27. The highest BCUT2D eigenvalue weighted by Gasteiger charge is 2.32. The number of carbonyl (C=O) groups is 5.